The minimum Gasteiger partial charge on any atom is -0.350 e. The molecule has 1 aromatic carbocycles. The Kier molecular flexibility index (Phi) is 5.05. The topological polar surface area (TPSA) is 89.5 Å². The molecule has 0 bridgehead atoms. The van der Waals surface area contributed by atoms with E-state index < -0.39 is 0 Å². The molecule has 1 amide bonds. The second-order valence-electron chi connectivity index (χ2n) is 7.07. The predicted molar refractivity (Wildman–Crippen MR) is 117 cm³/mol. The Morgan fingerprint density at radius 3 is 2.74 bits per heavy atom. The fourth-order valence-electron chi connectivity index (χ4n) is 3.40. The van der Waals surface area contributed by atoms with Crippen LogP contribution < -0.4 is 5.32 Å². The van der Waals surface area contributed by atoms with Crippen LogP contribution in [0.2, 0.25) is 5.02 Å². The smallest absolute Gasteiger partial charge is 0.220 e. The van der Waals surface area contributed by atoms with E-state index >= 15 is 0 Å². The summed E-state index contributed by atoms with van der Waals surface area (Å²) in [4.78, 5) is 16.4. The monoisotopic (exact) mass is 431 g/mol. The molecule has 0 saturated carbocycles. The van der Waals surface area contributed by atoms with Crippen LogP contribution in [0.5, 0.6) is 0 Å². The molecule has 0 aliphatic rings. The van der Waals surface area contributed by atoms with Gasteiger partial charge in [0.15, 0.2) is 5.65 Å². The molecule has 5 aromatic rings. The van der Waals surface area contributed by atoms with E-state index in [0.29, 0.717) is 30.1 Å². The summed E-state index contributed by atoms with van der Waals surface area (Å²) in [6.07, 6.45) is 6.22. The molecule has 0 radical (unpaired) electrons. The second kappa shape index (κ2) is 8.16. The molecule has 9 heteroatoms. The number of nitrogens with zero attached hydrogens (tertiary/aromatic N) is 6. The van der Waals surface area contributed by atoms with Crippen LogP contribution in [0.4, 0.5) is 0 Å². The van der Waals surface area contributed by atoms with Crippen molar-refractivity contribution >= 4 is 28.7 Å². The molecule has 0 fully saturated rings. The predicted octanol–water partition coefficient (Wildman–Crippen LogP) is 3.34. The Hall–Kier alpha value is -3.78. The molecule has 5 rings (SSSR count). The van der Waals surface area contributed by atoms with Crippen molar-refractivity contribution in [2.24, 2.45) is 0 Å². The van der Waals surface area contributed by atoms with Gasteiger partial charge in [0, 0.05) is 42.0 Å². The summed E-state index contributed by atoms with van der Waals surface area (Å²) >= 11 is 5.98. The second-order valence-corrected chi connectivity index (χ2v) is 7.51. The quantitative estimate of drug-likeness (QED) is 0.445. The molecular weight excluding hydrogens is 414 g/mol. The first-order chi connectivity index (χ1) is 15.2. The highest BCUT2D eigenvalue weighted by atomic mass is 35.5. The summed E-state index contributed by atoms with van der Waals surface area (Å²) in [6.45, 7) is 0.407. The number of hydrogen-bond donors (Lipinski definition) is 1. The van der Waals surface area contributed by atoms with E-state index in [1.54, 1.807) is 10.7 Å². The van der Waals surface area contributed by atoms with Gasteiger partial charge in [-0.2, -0.15) is 5.10 Å². The molecule has 0 atom stereocenters. The fourth-order valence-corrected chi connectivity index (χ4v) is 3.52. The van der Waals surface area contributed by atoms with Gasteiger partial charge in [-0.05, 0) is 30.3 Å². The number of carbonyl (C=O) groups excluding carboxylic acids is 1. The van der Waals surface area contributed by atoms with Crippen molar-refractivity contribution in [1.82, 2.24) is 34.5 Å². The Morgan fingerprint density at radius 1 is 1.06 bits per heavy atom. The Balaban J connectivity index is 1.33. The number of amides is 1. The van der Waals surface area contributed by atoms with Gasteiger partial charge < -0.3 is 5.32 Å². The van der Waals surface area contributed by atoms with Crippen molar-refractivity contribution < 1.29 is 4.79 Å². The molecule has 8 nitrogen and oxygen atoms in total. The first-order valence-corrected chi connectivity index (χ1v) is 10.2. The minimum absolute atomic E-state index is 0.0575. The number of hydrogen-bond acceptors (Lipinski definition) is 5. The van der Waals surface area contributed by atoms with Crippen molar-refractivity contribution in [2.75, 3.05) is 0 Å². The van der Waals surface area contributed by atoms with Gasteiger partial charge in [-0.1, -0.05) is 29.8 Å². The van der Waals surface area contributed by atoms with Crippen molar-refractivity contribution in [2.45, 2.75) is 19.4 Å². The highest BCUT2D eigenvalue weighted by molar-refractivity contribution is 6.30. The lowest BCUT2D eigenvalue weighted by molar-refractivity contribution is -0.121. The molecule has 31 heavy (non-hydrogen) atoms. The van der Waals surface area contributed by atoms with E-state index in [1.165, 1.54) is 0 Å². The van der Waals surface area contributed by atoms with Crippen LogP contribution in [0.3, 0.4) is 0 Å². The number of aryl methyl sites for hydroxylation is 1. The van der Waals surface area contributed by atoms with Gasteiger partial charge in [0.25, 0.3) is 0 Å². The number of benzene rings is 1. The maximum atomic E-state index is 12.2. The average molecular weight is 432 g/mol. The third-order valence-corrected chi connectivity index (χ3v) is 5.25. The maximum Gasteiger partial charge on any atom is 0.220 e. The zero-order chi connectivity index (χ0) is 21.2. The van der Waals surface area contributed by atoms with Gasteiger partial charge in [-0.3, -0.25) is 14.2 Å². The summed E-state index contributed by atoms with van der Waals surface area (Å²) in [5.41, 5.74) is 4.15. The summed E-state index contributed by atoms with van der Waals surface area (Å²) in [7, 11) is 0. The van der Waals surface area contributed by atoms with Gasteiger partial charge in [-0.25, -0.2) is 4.52 Å². The number of rotatable bonds is 6. The van der Waals surface area contributed by atoms with Crippen LogP contribution in [0.1, 0.15) is 17.9 Å². The third kappa shape index (κ3) is 3.97. The summed E-state index contributed by atoms with van der Waals surface area (Å²) in [6, 6.07) is 15.1. The van der Waals surface area contributed by atoms with Gasteiger partial charge in [0.2, 0.25) is 5.91 Å². The van der Waals surface area contributed by atoms with E-state index in [2.05, 4.69) is 25.6 Å². The van der Waals surface area contributed by atoms with Gasteiger partial charge >= 0.3 is 0 Å². The zero-order valence-corrected chi connectivity index (χ0v) is 17.2. The van der Waals surface area contributed by atoms with Gasteiger partial charge in [-0.15, -0.1) is 10.2 Å². The summed E-state index contributed by atoms with van der Waals surface area (Å²) < 4.78 is 3.67. The van der Waals surface area contributed by atoms with Crippen molar-refractivity contribution in [3.8, 4) is 11.3 Å². The lowest BCUT2D eigenvalue weighted by atomic mass is 10.1. The molecule has 4 aromatic heterocycles. The summed E-state index contributed by atoms with van der Waals surface area (Å²) in [5, 5.41) is 16.8. The lowest BCUT2D eigenvalue weighted by Gasteiger charge is -2.04. The highest BCUT2D eigenvalue weighted by Gasteiger charge is 2.13. The fraction of sp³-hybridized carbons (Fsp3) is 0.136. The largest absolute Gasteiger partial charge is 0.350 e. The first-order valence-electron chi connectivity index (χ1n) is 9.82. The standard InChI is InChI=1S/C22H18ClN7O/c23-16-6-4-15(5-7-16)18-13-19-22-27-26-20(29(22)11-12-30(19)28-18)8-9-21(31)25-14-17-3-1-2-10-24-17/h1-7,10-13H,8-9,14H2,(H,25,31). The number of halogens is 1. The van der Waals surface area contributed by atoms with Crippen LogP contribution in [-0.4, -0.2) is 35.1 Å². The molecular formula is C22H18ClN7O. The summed E-state index contributed by atoms with van der Waals surface area (Å²) in [5.74, 6) is 0.664. The van der Waals surface area contributed by atoms with Crippen LogP contribution in [0.15, 0.2) is 67.1 Å². The molecule has 1 N–H and O–H groups in total. The number of aromatic nitrogens is 6. The van der Waals surface area contributed by atoms with E-state index in [1.807, 2.05) is 65.3 Å². The van der Waals surface area contributed by atoms with Crippen LogP contribution >= 0.6 is 11.6 Å². The molecule has 0 saturated heterocycles. The molecule has 0 aliphatic heterocycles. The molecule has 0 spiro atoms. The maximum absolute atomic E-state index is 12.2. The minimum atomic E-state index is -0.0575. The van der Waals surface area contributed by atoms with Crippen LogP contribution in [0.25, 0.3) is 22.4 Å². The van der Waals surface area contributed by atoms with Crippen molar-refractivity contribution in [1.29, 1.82) is 0 Å². The zero-order valence-electron chi connectivity index (χ0n) is 16.4. The van der Waals surface area contributed by atoms with E-state index in [0.717, 1.165) is 28.3 Å². The van der Waals surface area contributed by atoms with E-state index in [-0.39, 0.29) is 5.91 Å². The number of nitrogens with one attached hydrogen (secondary N) is 1. The lowest BCUT2D eigenvalue weighted by Crippen LogP contribution is -2.23. The van der Waals surface area contributed by atoms with Crippen molar-refractivity contribution in [3.05, 3.63) is 83.7 Å². The Bertz CT molecular complexity index is 1360. The van der Waals surface area contributed by atoms with Gasteiger partial charge in [0.1, 0.15) is 11.3 Å². The molecule has 4 heterocycles. The highest BCUT2D eigenvalue weighted by Crippen LogP contribution is 2.23. The molecule has 0 aliphatic carbocycles. The number of pyridine rings is 1. The third-order valence-electron chi connectivity index (χ3n) is 5.00. The average Bonchev–Trinajstić information content (AvgIpc) is 3.41. The van der Waals surface area contributed by atoms with Gasteiger partial charge in [0.05, 0.1) is 17.9 Å². The number of fused-ring (bicyclic) bond motifs is 3. The SMILES string of the molecule is O=C(CCc1nnc2c3cc(-c4ccc(Cl)cc4)nn3ccn12)NCc1ccccn1. The van der Waals surface area contributed by atoms with Crippen molar-refractivity contribution in [3.63, 3.8) is 0 Å². The normalized spacial score (nSPS) is 11.3. The molecule has 154 valence electrons. The Morgan fingerprint density at radius 2 is 1.94 bits per heavy atom. The molecule has 0 unspecified atom stereocenters. The first kappa shape index (κ1) is 19.2. The van der Waals surface area contributed by atoms with E-state index in [9.17, 15) is 4.79 Å². The van der Waals surface area contributed by atoms with Crippen LogP contribution in [-0.2, 0) is 17.8 Å². The van der Waals surface area contributed by atoms with Crippen LogP contribution in [0, 0.1) is 0 Å². The van der Waals surface area contributed by atoms with E-state index in [4.69, 9.17) is 11.6 Å². The number of carbonyl (C=O) groups is 1. The Labute approximate surface area is 182 Å².